The molecule has 4 atom stereocenters. The van der Waals surface area contributed by atoms with Crippen LogP contribution in [0.25, 0.3) is 0 Å². The largest absolute Gasteiger partial charge is 0.485 e. The van der Waals surface area contributed by atoms with E-state index in [1.807, 2.05) is 30.4 Å². The van der Waals surface area contributed by atoms with Crippen LogP contribution in [0.4, 0.5) is 0 Å². The van der Waals surface area contributed by atoms with Crippen LogP contribution in [-0.4, -0.2) is 47.6 Å². The average molecular weight is 473 g/mol. The molecule has 0 radical (unpaired) electrons. The number of rotatable bonds is 13. The van der Waals surface area contributed by atoms with Crippen molar-refractivity contribution in [3.8, 4) is 5.75 Å². The zero-order chi connectivity index (χ0) is 24.9. The van der Waals surface area contributed by atoms with Crippen LogP contribution in [0, 0.1) is 11.8 Å². The van der Waals surface area contributed by atoms with Crippen molar-refractivity contribution in [1.82, 2.24) is 0 Å². The molecule has 0 bridgehead atoms. The summed E-state index contributed by atoms with van der Waals surface area (Å²) in [6, 6.07) is 8.99. The monoisotopic (exact) mass is 472 g/mol. The fourth-order valence-corrected chi connectivity index (χ4v) is 4.03. The standard InChI is InChI=1S/C26H32O8/c1-18(27)33-24-16-25(34-19(2)28)23(22(24)12-8-3-4-9-13-26(30)31)15-14-20(29)17-32-21-10-6-5-7-11-21/h3,5-8,10-11,14-15,22-25H,4,9,12-13,16-17H2,1-2H3,(H,30,31)/t22-,23-,24+,25-/m1/s1. The van der Waals surface area contributed by atoms with Crippen LogP contribution >= 0.6 is 0 Å². The van der Waals surface area contributed by atoms with E-state index in [-0.39, 0.29) is 30.6 Å². The van der Waals surface area contributed by atoms with Crippen LogP contribution in [0.3, 0.4) is 0 Å². The summed E-state index contributed by atoms with van der Waals surface area (Å²) in [6.45, 7) is 2.51. The number of carbonyl (C=O) groups is 4. The lowest BCUT2D eigenvalue weighted by Gasteiger charge is -2.22. The highest BCUT2D eigenvalue weighted by Gasteiger charge is 2.45. The third-order valence-corrected chi connectivity index (χ3v) is 5.47. The number of esters is 2. The van der Waals surface area contributed by atoms with Crippen molar-refractivity contribution in [1.29, 1.82) is 0 Å². The molecule has 34 heavy (non-hydrogen) atoms. The molecule has 8 heteroatoms. The van der Waals surface area contributed by atoms with Crippen molar-refractivity contribution >= 4 is 23.7 Å². The van der Waals surface area contributed by atoms with Gasteiger partial charge in [-0.2, -0.15) is 0 Å². The smallest absolute Gasteiger partial charge is 0.303 e. The summed E-state index contributed by atoms with van der Waals surface area (Å²) in [4.78, 5) is 46.4. The Morgan fingerprint density at radius 2 is 1.68 bits per heavy atom. The molecule has 0 amide bonds. The van der Waals surface area contributed by atoms with E-state index in [0.29, 0.717) is 31.4 Å². The van der Waals surface area contributed by atoms with Crippen molar-refractivity contribution in [2.24, 2.45) is 11.8 Å². The van der Waals surface area contributed by atoms with E-state index in [1.54, 1.807) is 18.2 Å². The van der Waals surface area contributed by atoms with Crippen molar-refractivity contribution in [3.05, 3.63) is 54.6 Å². The molecule has 1 aromatic rings. The second-order valence-electron chi connectivity index (χ2n) is 8.19. The van der Waals surface area contributed by atoms with E-state index < -0.39 is 30.1 Å². The Kier molecular flexibility index (Phi) is 11.0. The zero-order valence-electron chi connectivity index (χ0n) is 19.6. The summed E-state index contributed by atoms with van der Waals surface area (Å²) in [5.41, 5.74) is 0. The van der Waals surface area contributed by atoms with Crippen molar-refractivity contribution in [3.63, 3.8) is 0 Å². The van der Waals surface area contributed by atoms with Gasteiger partial charge in [-0.15, -0.1) is 0 Å². The Bertz CT molecular complexity index is 889. The molecule has 184 valence electrons. The Labute approximate surface area is 199 Å². The van der Waals surface area contributed by atoms with Gasteiger partial charge in [-0.1, -0.05) is 36.4 Å². The quantitative estimate of drug-likeness (QED) is 0.199. The van der Waals surface area contributed by atoms with E-state index in [1.165, 1.54) is 19.9 Å². The highest BCUT2D eigenvalue weighted by Crippen LogP contribution is 2.40. The number of benzene rings is 1. The number of aliphatic carboxylic acids is 1. The summed E-state index contributed by atoms with van der Waals surface area (Å²) in [6.07, 6.45) is 8.01. The van der Waals surface area contributed by atoms with Crippen LogP contribution in [-0.2, 0) is 28.7 Å². The highest BCUT2D eigenvalue weighted by atomic mass is 16.6. The van der Waals surface area contributed by atoms with E-state index in [9.17, 15) is 19.2 Å². The van der Waals surface area contributed by atoms with Gasteiger partial charge in [-0.05, 0) is 37.5 Å². The number of hydrogen-bond acceptors (Lipinski definition) is 7. The number of allylic oxidation sites excluding steroid dienone is 2. The SMILES string of the molecule is CC(=O)O[C@H]1C[C@@H](OC(C)=O)[C@H](C=CC(=O)COc2ccccc2)[C@H]1CC=CCCCC(=O)O. The van der Waals surface area contributed by atoms with Gasteiger partial charge in [0, 0.05) is 38.5 Å². The second kappa shape index (κ2) is 14.0. The minimum absolute atomic E-state index is 0.0941. The van der Waals surface area contributed by atoms with Crippen molar-refractivity contribution in [2.75, 3.05) is 6.61 Å². The molecule has 1 saturated carbocycles. The molecule has 2 rings (SSSR count). The number of ether oxygens (including phenoxy) is 3. The third kappa shape index (κ3) is 9.60. The molecule has 0 aromatic heterocycles. The van der Waals surface area contributed by atoms with Gasteiger partial charge in [-0.25, -0.2) is 0 Å². The number of unbranched alkanes of at least 4 members (excludes halogenated alkanes) is 1. The number of carbonyl (C=O) groups excluding carboxylic acids is 3. The Morgan fingerprint density at radius 1 is 1.00 bits per heavy atom. The highest BCUT2D eigenvalue weighted by molar-refractivity contribution is 5.91. The predicted octanol–water partition coefficient (Wildman–Crippen LogP) is 3.89. The van der Waals surface area contributed by atoms with Gasteiger partial charge in [0.05, 0.1) is 0 Å². The first-order valence-electron chi connectivity index (χ1n) is 11.4. The molecular formula is C26H32O8. The molecular weight excluding hydrogens is 440 g/mol. The predicted molar refractivity (Wildman–Crippen MR) is 124 cm³/mol. The fourth-order valence-electron chi connectivity index (χ4n) is 4.03. The maximum atomic E-state index is 12.4. The van der Waals surface area contributed by atoms with Crippen LogP contribution in [0.5, 0.6) is 5.75 Å². The number of carboxylic acid groups (broad SMARTS) is 1. The van der Waals surface area contributed by atoms with E-state index in [4.69, 9.17) is 19.3 Å². The van der Waals surface area contributed by atoms with Gasteiger partial charge >= 0.3 is 17.9 Å². The summed E-state index contributed by atoms with van der Waals surface area (Å²) >= 11 is 0. The van der Waals surface area contributed by atoms with Crippen LogP contribution in [0.1, 0.15) is 46.0 Å². The number of carboxylic acids is 1. The molecule has 0 heterocycles. The summed E-state index contributed by atoms with van der Waals surface area (Å²) in [5, 5.41) is 8.75. The minimum atomic E-state index is -0.838. The molecule has 0 unspecified atom stereocenters. The van der Waals surface area contributed by atoms with Gasteiger partial charge in [0.15, 0.2) is 12.4 Å². The molecule has 0 saturated heterocycles. The average Bonchev–Trinajstić information content (AvgIpc) is 3.08. The Balaban J connectivity index is 2.09. The number of para-hydroxylation sites is 1. The molecule has 1 aromatic carbocycles. The molecule has 1 fully saturated rings. The van der Waals surface area contributed by atoms with Gasteiger partial charge in [0.2, 0.25) is 0 Å². The Morgan fingerprint density at radius 3 is 2.32 bits per heavy atom. The lowest BCUT2D eigenvalue weighted by Crippen LogP contribution is -2.25. The van der Waals surface area contributed by atoms with E-state index >= 15 is 0 Å². The van der Waals surface area contributed by atoms with Crippen LogP contribution in [0.15, 0.2) is 54.6 Å². The van der Waals surface area contributed by atoms with Gasteiger partial charge in [-0.3, -0.25) is 19.2 Å². The first kappa shape index (κ1) is 26.8. The summed E-state index contributed by atoms with van der Waals surface area (Å²) < 4.78 is 16.5. The number of ketones is 1. The first-order valence-corrected chi connectivity index (χ1v) is 11.4. The molecule has 0 spiro atoms. The molecule has 1 aliphatic rings. The van der Waals surface area contributed by atoms with Gasteiger partial charge in [0.1, 0.15) is 18.0 Å². The maximum absolute atomic E-state index is 12.4. The van der Waals surface area contributed by atoms with Gasteiger partial charge in [0.25, 0.3) is 0 Å². The number of hydrogen-bond donors (Lipinski definition) is 1. The topological polar surface area (TPSA) is 116 Å². The molecule has 0 aliphatic heterocycles. The minimum Gasteiger partial charge on any atom is -0.485 e. The third-order valence-electron chi connectivity index (χ3n) is 5.47. The fraction of sp³-hybridized carbons (Fsp3) is 0.462. The molecule has 8 nitrogen and oxygen atoms in total. The van der Waals surface area contributed by atoms with Crippen molar-refractivity contribution < 1.29 is 38.5 Å². The maximum Gasteiger partial charge on any atom is 0.303 e. The van der Waals surface area contributed by atoms with E-state index in [0.717, 1.165) is 0 Å². The second-order valence-corrected chi connectivity index (χ2v) is 8.19. The lowest BCUT2D eigenvalue weighted by atomic mass is 9.89. The zero-order valence-corrected chi connectivity index (χ0v) is 19.6. The van der Waals surface area contributed by atoms with E-state index in [2.05, 4.69) is 0 Å². The normalized spacial score (nSPS) is 22.1. The summed E-state index contributed by atoms with van der Waals surface area (Å²) in [7, 11) is 0. The van der Waals surface area contributed by atoms with Crippen LogP contribution in [0.2, 0.25) is 0 Å². The summed E-state index contributed by atoms with van der Waals surface area (Å²) in [5.74, 6) is -1.92. The Hall–Kier alpha value is -3.42. The molecule has 1 N–H and O–H groups in total. The lowest BCUT2D eigenvalue weighted by molar-refractivity contribution is -0.149. The van der Waals surface area contributed by atoms with Gasteiger partial charge < -0.3 is 19.3 Å². The first-order chi connectivity index (χ1) is 16.3. The molecule has 1 aliphatic carbocycles. The van der Waals surface area contributed by atoms with Crippen LogP contribution < -0.4 is 4.74 Å². The van der Waals surface area contributed by atoms with Crippen molar-refractivity contribution in [2.45, 2.75) is 58.2 Å².